The van der Waals surface area contributed by atoms with Crippen LogP contribution >= 0.6 is 0 Å². The van der Waals surface area contributed by atoms with Crippen molar-refractivity contribution in [3.63, 3.8) is 0 Å². The summed E-state index contributed by atoms with van der Waals surface area (Å²) < 4.78 is 5.63. The Kier molecular flexibility index (Phi) is 2.54. The molecule has 1 heterocycles. The lowest BCUT2D eigenvalue weighted by Gasteiger charge is -2.20. The molecule has 2 saturated carbocycles. The second-order valence-corrected chi connectivity index (χ2v) is 6.69. The van der Waals surface area contributed by atoms with Gasteiger partial charge in [0.05, 0.1) is 5.69 Å². The Hall–Kier alpha value is -0.830. The van der Waals surface area contributed by atoms with E-state index in [9.17, 15) is 0 Å². The van der Waals surface area contributed by atoms with Crippen molar-refractivity contribution in [3.05, 3.63) is 17.8 Å². The minimum atomic E-state index is 0.133. The van der Waals surface area contributed by atoms with Gasteiger partial charge in [-0.15, -0.1) is 0 Å². The van der Waals surface area contributed by atoms with Crippen LogP contribution in [0.25, 0.3) is 0 Å². The maximum absolute atomic E-state index is 5.63. The quantitative estimate of drug-likeness (QED) is 0.873. The van der Waals surface area contributed by atoms with Crippen LogP contribution in [0.4, 0.5) is 0 Å². The van der Waals surface area contributed by atoms with E-state index in [4.69, 9.17) is 4.42 Å². The van der Waals surface area contributed by atoms with Crippen molar-refractivity contribution in [2.75, 3.05) is 0 Å². The van der Waals surface area contributed by atoms with Gasteiger partial charge >= 0.3 is 0 Å². The molecular weight excluding hydrogens is 212 g/mol. The lowest BCUT2D eigenvalue weighted by atomic mass is 9.98. The fraction of sp³-hybridized carbons (Fsp3) is 0.786. The summed E-state index contributed by atoms with van der Waals surface area (Å²) in [4.78, 5) is 4.37. The lowest BCUT2D eigenvalue weighted by Crippen LogP contribution is -2.35. The molecule has 17 heavy (non-hydrogen) atoms. The maximum atomic E-state index is 5.63. The van der Waals surface area contributed by atoms with E-state index in [-0.39, 0.29) is 5.54 Å². The summed E-state index contributed by atoms with van der Waals surface area (Å²) in [6.45, 7) is 7.35. The average molecular weight is 234 g/mol. The third kappa shape index (κ3) is 2.39. The zero-order valence-corrected chi connectivity index (χ0v) is 11.0. The highest BCUT2D eigenvalue weighted by Crippen LogP contribution is 2.57. The zero-order chi connectivity index (χ0) is 12.0. The van der Waals surface area contributed by atoms with E-state index in [2.05, 4.69) is 31.1 Å². The second kappa shape index (κ2) is 3.84. The molecule has 94 valence electrons. The van der Waals surface area contributed by atoms with Gasteiger partial charge in [0.2, 0.25) is 0 Å². The molecule has 3 heteroatoms. The molecule has 0 bridgehead atoms. The zero-order valence-electron chi connectivity index (χ0n) is 11.0. The molecule has 1 aromatic heterocycles. The Morgan fingerprint density at radius 2 is 2.00 bits per heavy atom. The predicted octanol–water partition coefficient (Wildman–Crippen LogP) is 3.08. The van der Waals surface area contributed by atoms with E-state index >= 15 is 0 Å². The number of nitrogens with one attached hydrogen (secondary N) is 1. The van der Waals surface area contributed by atoms with Gasteiger partial charge in [-0.2, -0.15) is 0 Å². The Balaban J connectivity index is 1.67. The first-order valence-electron chi connectivity index (χ1n) is 6.70. The van der Waals surface area contributed by atoms with Crippen molar-refractivity contribution >= 4 is 0 Å². The number of fused-ring (bicyclic) bond motifs is 1. The number of hydrogen-bond acceptors (Lipinski definition) is 3. The van der Waals surface area contributed by atoms with Crippen LogP contribution in [0.15, 0.2) is 10.8 Å². The van der Waals surface area contributed by atoms with Gasteiger partial charge in [-0.05, 0) is 51.9 Å². The Bertz CT molecular complexity index is 395. The molecule has 0 amide bonds. The molecule has 0 aromatic carbocycles. The smallest absolute Gasteiger partial charge is 0.181 e. The molecule has 2 unspecified atom stereocenters. The third-order valence-corrected chi connectivity index (χ3v) is 4.07. The maximum Gasteiger partial charge on any atom is 0.181 e. The number of oxazole rings is 1. The Morgan fingerprint density at radius 3 is 2.65 bits per heavy atom. The topological polar surface area (TPSA) is 38.1 Å². The number of rotatable bonds is 3. The highest BCUT2D eigenvalue weighted by molar-refractivity contribution is 5.18. The first-order valence-corrected chi connectivity index (χ1v) is 6.70. The van der Waals surface area contributed by atoms with Crippen LogP contribution in [0.2, 0.25) is 0 Å². The largest absolute Gasteiger partial charge is 0.448 e. The third-order valence-electron chi connectivity index (χ3n) is 4.07. The van der Waals surface area contributed by atoms with Crippen LogP contribution < -0.4 is 5.32 Å². The Morgan fingerprint density at radius 1 is 1.29 bits per heavy atom. The summed E-state index contributed by atoms with van der Waals surface area (Å²) in [6, 6.07) is 0. The number of hydrogen-bond donors (Lipinski definition) is 1. The standard InChI is InChI=1S/C14H22N2O/c1-14(2,3)16-7-12-13(17-8-15-12)11-5-9-4-10(9)6-11/h8-11,16H,4-7H2,1-3H3. The second-order valence-electron chi connectivity index (χ2n) is 6.69. The van der Waals surface area contributed by atoms with E-state index < -0.39 is 0 Å². The van der Waals surface area contributed by atoms with Crippen LogP contribution in [0.5, 0.6) is 0 Å². The number of aromatic nitrogens is 1. The van der Waals surface area contributed by atoms with Crippen LogP contribution in [-0.2, 0) is 6.54 Å². The van der Waals surface area contributed by atoms with Crippen molar-refractivity contribution in [1.29, 1.82) is 0 Å². The predicted molar refractivity (Wildman–Crippen MR) is 66.7 cm³/mol. The Labute approximate surface area is 103 Å². The first kappa shape index (κ1) is 11.3. The fourth-order valence-electron chi connectivity index (χ4n) is 3.02. The van der Waals surface area contributed by atoms with Crippen molar-refractivity contribution in [2.45, 2.75) is 58.0 Å². The summed E-state index contributed by atoms with van der Waals surface area (Å²) >= 11 is 0. The first-order chi connectivity index (χ1) is 8.03. The van der Waals surface area contributed by atoms with Gasteiger partial charge in [0.1, 0.15) is 5.76 Å². The minimum absolute atomic E-state index is 0.133. The lowest BCUT2D eigenvalue weighted by molar-refractivity contribution is 0.407. The van der Waals surface area contributed by atoms with Crippen molar-refractivity contribution in [2.24, 2.45) is 11.8 Å². The molecular formula is C14H22N2O. The minimum Gasteiger partial charge on any atom is -0.448 e. The van der Waals surface area contributed by atoms with E-state index in [1.807, 2.05) is 0 Å². The molecule has 0 aliphatic heterocycles. The molecule has 2 aliphatic rings. The summed E-state index contributed by atoms with van der Waals surface area (Å²) in [5, 5.41) is 3.49. The van der Waals surface area contributed by atoms with Crippen LogP contribution in [0, 0.1) is 11.8 Å². The van der Waals surface area contributed by atoms with Crippen LogP contribution in [-0.4, -0.2) is 10.5 Å². The van der Waals surface area contributed by atoms with Gasteiger partial charge < -0.3 is 9.73 Å². The molecule has 2 fully saturated rings. The van der Waals surface area contributed by atoms with Crippen molar-refractivity contribution < 1.29 is 4.42 Å². The number of nitrogens with zero attached hydrogens (tertiary/aromatic N) is 1. The molecule has 3 nitrogen and oxygen atoms in total. The van der Waals surface area contributed by atoms with Gasteiger partial charge in [0, 0.05) is 18.0 Å². The molecule has 0 spiro atoms. The van der Waals surface area contributed by atoms with E-state index in [1.165, 1.54) is 19.3 Å². The summed E-state index contributed by atoms with van der Waals surface area (Å²) in [6.07, 6.45) is 5.71. The van der Waals surface area contributed by atoms with Gasteiger partial charge in [-0.1, -0.05) is 0 Å². The molecule has 1 N–H and O–H groups in total. The monoisotopic (exact) mass is 234 g/mol. The van der Waals surface area contributed by atoms with E-state index in [0.717, 1.165) is 29.8 Å². The van der Waals surface area contributed by atoms with Crippen LogP contribution in [0.1, 0.15) is 57.4 Å². The average Bonchev–Trinajstić information content (AvgIpc) is 2.72. The van der Waals surface area contributed by atoms with Gasteiger partial charge in [-0.25, -0.2) is 4.98 Å². The van der Waals surface area contributed by atoms with Crippen LogP contribution in [0.3, 0.4) is 0 Å². The molecule has 1 aromatic rings. The SMILES string of the molecule is CC(C)(C)NCc1ncoc1C1CC2CC2C1. The summed E-state index contributed by atoms with van der Waals surface area (Å²) in [5.74, 6) is 3.77. The molecule has 2 atom stereocenters. The molecule has 2 aliphatic carbocycles. The molecule has 0 saturated heterocycles. The van der Waals surface area contributed by atoms with Crippen molar-refractivity contribution in [3.8, 4) is 0 Å². The summed E-state index contributed by atoms with van der Waals surface area (Å²) in [5.41, 5.74) is 1.25. The van der Waals surface area contributed by atoms with E-state index in [1.54, 1.807) is 6.39 Å². The van der Waals surface area contributed by atoms with E-state index in [0.29, 0.717) is 5.92 Å². The molecule has 3 rings (SSSR count). The summed E-state index contributed by atoms with van der Waals surface area (Å²) in [7, 11) is 0. The highest BCUT2D eigenvalue weighted by Gasteiger charge is 2.47. The molecule has 0 radical (unpaired) electrons. The van der Waals surface area contributed by atoms with Gasteiger partial charge in [0.15, 0.2) is 6.39 Å². The highest BCUT2D eigenvalue weighted by atomic mass is 16.3. The fourth-order valence-corrected chi connectivity index (χ4v) is 3.02. The normalized spacial score (nSPS) is 31.6. The van der Waals surface area contributed by atoms with Gasteiger partial charge in [-0.3, -0.25) is 0 Å². The van der Waals surface area contributed by atoms with Crippen molar-refractivity contribution in [1.82, 2.24) is 10.3 Å². The van der Waals surface area contributed by atoms with Gasteiger partial charge in [0.25, 0.3) is 0 Å².